The highest BCUT2D eigenvalue weighted by atomic mass is 16.5. The van der Waals surface area contributed by atoms with Crippen molar-refractivity contribution in [2.75, 3.05) is 13.2 Å². The van der Waals surface area contributed by atoms with Gasteiger partial charge in [0.2, 0.25) is 5.91 Å². The highest BCUT2D eigenvalue weighted by Crippen LogP contribution is 2.38. The van der Waals surface area contributed by atoms with E-state index in [0.717, 1.165) is 42.7 Å². The van der Waals surface area contributed by atoms with E-state index < -0.39 is 0 Å². The predicted octanol–water partition coefficient (Wildman–Crippen LogP) is 7.74. The monoisotopic (exact) mass is 527 g/mol. The number of hydrogen-bond acceptors (Lipinski definition) is 3. The molecule has 0 saturated carbocycles. The first kappa shape index (κ1) is 28.9. The molecule has 1 saturated heterocycles. The van der Waals surface area contributed by atoms with E-state index in [1.807, 2.05) is 44.2 Å². The van der Waals surface area contributed by atoms with Crippen molar-refractivity contribution in [3.8, 4) is 5.75 Å². The molecule has 0 bridgehead atoms. The van der Waals surface area contributed by atoms with Gasteiger partial charge < -0.3 is 14.8 Å². The average molecular weight is 528 g/mol. The van der Waals surface area contributed by atoms with Crippen molar-refractivity contribution in [2.45, 2.75) is 77.4 Å². The number of carbonyl (C=O) groups is 1. The number of hydrogen-bond donors (Lipinski definition) is 1. The molecule has 1 heterocycles. The second-order valence-electron chi connectivity index (χ2n) is 11.5. The molecule has 0 spiro atoms. The van der Waals surface area contributed by atoms with Crippen LogP contribution in [0.25, 0.3) is 0 Å². The number of carbonyl (C=O) groups excluding carboxylic acids is 1. The molecular weight excluding hydrogens is 482 g/mol. The molecule has 0 aromatic heterocycles. The summed E-state index contributed by atoms with van der Waals surface area (Å²) in [4.78, 5) is 13.3. The normalized spacial score (nSPS) is 19.0. The molecule has 4 nitrogen and oxygen atoms in total. The zero-order valence-electron chi connectivity index (χ0n) is 24.0. The molecule has 1 aliphatic rings. The Balaban J connectivity index is 1.42. The van der Waals surface area contributed by atoms with E-state index in [9.17, 15) is 4.79 Å². The number of amides is 1. The number of rotatable bonds is 12. The topological polar surface area (TPSA) is 47.6 Å². The van der Waals surface area contributed by atoms with Gasteiger partial charge in [0, 0.05) is 25.5 Å². The van der Waals surface area contributed by atoms with Crippen LogP contribution < -0.4 is 10.1 Å². The molecule has 0 radical (unpaired) electrons. The minimum atomic E-state index is -0.00786. The molecule has 3 aromatic carbocycles. The summed E-state index contributed by atoms with van der Waals surface area (Å²) < 4.78 is 11.9. The number of benzene rings is 3. The zero-order chi connectivity index (χ0) is 27.6. The fraction of sp³-hybridized carbons (Fsp3) is 0.457. The smallest absolute Gasteiger partial charge is 0.220 e. The molecule has 1 amide bonds. The second kappa shape index (κ2) is 14.3. The standard InChI is InChI=1S/C35H45NO3/c1-25(2)34-23-30(20-22-38-34)32(27-11-7-5-8-12-27)19-21-36-35(37)24-33(28-13-9-6-10-14-28)29-15-17-31(18-16-29)39-26(3)4/h5-18,25-26,30,32-34H,19-24H2,1-4H3,(H,36,37)/t30-,32+,33+,34-/m1/s1. The molecule has 208 valence electrons. The van der Waals surface area contributed by atoms with Gasteiger partial charge in [-0.2, -0.15) is 0 Å². The van der Waals surface area contributed by atoms with Gasteiger partial charge in [-0.1, -0.05) is 86.6 Å². The van der Waals surface area contributed by atoms with Crippen LogP contribution in [0, 0.1) is 11.8 Å². The molecule has 1 fully saturated rings. The average Bonchev–Trinajstić information content (AvgIpc) is 2.95. The third-order valence-corrected chi connectivity index (χ3v) is 7.92. The van der Waals surface area contributed by atoms with Crippen LogP contribution in [0.15, 0.2) is 84.9 Å². The molecule has 1 N–H and O–H groups in total. The SMILES string of the molecule is CC(C)Oc1ccc([C@@H](CC(=O)NCC[C@@H](c2ccccc2)[C@@H]2CCO[C@@H](C(C)C)C2)c2ccccc2)cc1. The van der Waals surface area contributed by atoms with E-state index in [1.54, 1.807) is 0 Å². The van der Waals surface area contributed by atoms with Gasteiger partial charge >= 0.3 is 0 Å². The third-order valence-electron chi connectivity index (χ3n) is 7.92. The van der Waals surface area contributed by atoms with E-state index in [4.69, 9.17) is 9.47 Å². The number of nitrogens with one attached hydrogen (secondary N) is 1. The second-order valence-corrected chi connectivity index (χ2v) is 11.5. The zero-order valence-corrected chi connectivity index (χ0v) is 24.0. The maximum absolute atomic E-state index is 13.3. The quantitative estimate of drug-likeness (QED) is 0.262. The molecule has 0 unspecified atom stereocenters. The molecule has 4 rings (SSSR count). The lowest BCUT2D eigenvalue weighted by Crippen LogP contribution is -2.34. The van der Waals surface area contributed by atoms with Crippen LogP contribution >= 0.6 is 0 Å². The van der Waals surface area contributed by atoms with Crippen molar-refractivity contribution < 1.29 is 14.3 Å². The van der Waals surface area contributed by atoms with Crippen LogP contribution in [0.2, 0.25) is 0 Å². The molecular formula is C35H45NO3. The Bertz CT molecular complexity index is 1130. The molecule has 4 atom stereocenters. The van der Waals surface area contributed by atoms with Crippen molar-refractivity contribution in [3.05, 3.63) is 102 Å². The van der Waals surface area contributed by atoms with Gasteiger partial charge in [0.05, 0.1) is 12.2 Å². The van der Waals surface area contributed by atoms with Gasteiger partial charge in [0.1, 0.15) is 5.75 Å². The van der Waals surface area contributed by atoms with E-state index >= 15 is 0 Å². The first-order chi connectivity index (χ1) is 18.9. The summed E-state index contributed by atoms with van der Waals surface area (Å²) in [6.07, 6.45) is 3.94. The van der Waals surface area contributed by atoms with Gasteiger partial charge in [-0.15, -0.1) is 0 Å². The minimum Gasteiger partial charge on any atom is -0.491 e. The highest BCUT2D eigenvalue weighted by Gasteiger charge is 2.31. The molecule has 4 heteroatoms. The van der Waals surface area contributed by atoms with Gasteiger partial charge in [0.15, 0.2) is 0 Å². The number of ether oxygens (including phenoxy) is 2. The van der Waals surface area contributed by atoms with Crippen LogP contribution in [0.1, 0.15) is 81.9 Å². The summed E-state index contributed by atoms with van der Waals surface area (Å²) in [5.74, 6) is 2.43. The van der Waals surface area contributed by atoms with Gasteiger partial charge in [-0.05, 0) is 79.7 Å². The lowest BCUT2D eigenvalue weighted by atomic mass is 9.76. The largest absolute Gasteiger partial charge is 0.491 e. The van der Waals surface area contributed by atoms with Gasteiger partial charge in [-0.3, -0.25) is 4.79 Å². The van der Waals surface area contributed by atoms with E-state index in [2.05, 4.69) is 73.8 Å². The molecule has 39 heavy (non-hydrogen) atoms. The summed E-state index contributed by atoms with van der Waals surface area (Å²) in [5, 5.41) is 3.27. The van der Waals surface area contributed by atoms with Crippen LogP contribution in [0.5, 0.6) is 5.75 Å². The summed E-state index contributed by atoms with van der Waals surface area (Å²) in [6.45, 7) is 10.0. The molecule has 3 aromatic rings. The minimum absolute atomic E-state index is 0.00786. The summed E-state index contributed by atoms with van der Waals surface area (Å²) in [5.41, 5.74) is 3.64. The Hall–Kier alpha value is -3.11. The summed E-state index contributed by atoms with van der Waals surface area (Å²) in [6, 6.07) is 29.3. The van der Waals surface area contributed by atoms with Crippen LogP contribution in [-0.2, 0) is 9.53 Å². The fourth-order valence-electron chi connectivity index (χ4n) is 5.85. The van der Waals surface area contributed by atoms with Crippen molar-refractivity contribution in [1.82, 2.24) is 5.32 Å². The van der Waals surface area contributed by atoms with Crippen molar-refractivity contribution >= 4 is 5.91 Å². The van der Waals surface area contributed by atoms with Crippen LogP contribution in [0.4, 0.5) is 0 Å². The van der Waals surface area contributed by atoms with Gasteiger partial charge in [0.25, 0.3) is 0 Å². The Morgan fingerprint density at radius 1 is 0.872 bits per heavy atom. The predicted molar refractivity (Wildman–Crippen MR) is 159 cm³/mol. The van der Waals surface area contributed by atoms with Crippen LogP contribution in [-0.4, -0.2) is 31.3 Å². The fourth-order valence-corrected chi connectivity index (χ4v) is 5.85. The lowest BCUT2D eigenvalue weighted by molar-refractivity contribution is -0.121. The van der Waals surface area contributed by atoms with E-state index in [0.29, 0.717) is 36.8 Å². The Morgan fingerprint density at radius 2 is 1.49 bits per heavy atom. The maximum atomic E-state index is 13.3. The lowest BCUT2D eigenvalue weighted by Gasteiger charge is -2.37. The first-order valence-corrected chi connectivity index (χ1v) is 14.7. The van der Waals surface area contributed by atoms with Crippen molar-refractivity contribution in [2.24, 2.45) is 11.8 Å². The Labute approximate surface area is 235 Å². The maximum Gasteiger partial charge on any atom is 0.220 e. The van der Waals surface area contributed by atoms with Gasteiger partial charge in [-0.25, -0.2) is 0 Å². The molecule has 0 aliphatic carbocycles. The third kappa shape index (κ3) is 8.44. The summed E-state index contributed by atoms with van der Waals surface area (Å²) >= 11 is 0. The van der Waals surface area contributed by atoms with E-state index in [-0.39, 0.29) is 17.9 Å². The molecule has 1 aliphatic heterocycles. The Kier molecular flexibility index (Phi) is 10.6. The van der Waals surface area contributed by atoms with Crippen molar-refractivity contribution in [1.29, 1.82) is 0 Å². The summed E-state index contributed by atoms with van der Waals surface area (Å²) in [7, 11) is 0. The van der Waals surface area contributed by atoms with Crippen molar-refractivity contribution in [3.63, 3.8) is 0 Å². The first-order valence-electron chi connectivity index (χ1n) is 14.7. The van der Waals surface area contributed by atoms with E-state index in [1.165, 1.54) is 5.56 Å². The van der Waals surface area contributed by atoms with Crippen LogP contribution in [0.3, 0.4) is 0 Å². The highest BCUT2D eigenvalue weighted by molar-refractivity contribution is 5.77. The Morgan fingerprint density at radius 3 is 2.10 bits per heavy atom.